The first-order valence-corrected chi connectivity index (χ1v) is 7.69. The molecule has 0 radical (unpaired) electrons. The molecule has 1 atom stereocenters. The van der Waals surface area contributed by atoms with Crippen molar-refractivity contribution in [1.82, 2.24) is 19.8 Å². The van der Waals surface area contributed by atoms with Crippen molar-refractivity contribution in [3.8, 4) is 0 Å². The van der Waals surface area contributed by atoms with Gasteiger partial charge in [0.2, 0.25) is 0 Å². The van der Waals surface area contributed by atoms with Crippen LogP contribution in [0.5, 0.6) is 0 Å². The molecule has 0 spiro atoms. The van der Waals surface area contributed by atoms with Gasteiger partial charge in [0.05, 0.1) is 6.04 Å². The van der Waals surface area contributed by atoms with Gasteiger partial charge in [0.25, 0.3) is 11.5 Å². The second kappa shape index (κ2) is 7.74. The van der Waals surface area contributed by atoms with Gasteiger partial charge in [-0.2, -0.15) is 0 Å². The Bertz CT molecular complexity index is 809. The molecule has 7 nitrogen and oxygen atoms in total. The number of nitrogens with zero attached hydrogens (tertiary/aromatic N) is 2. The number of hydrogen-bond donors (Lipinski definition) is 2. The van der Waals surface area contributed by atoms with Crippen molar-refractivity contribution in [2.45, 2.75) is 12.5 Å². The number of aromatic nitrogens is 2. The Morgan fingerprint density at radius 1 is 1.25 bits per heavy atom. The van der Waals surface area contributed by atoms with Crippen LogP contribution in [0, 0.1) is 0 Å². The normalized spacial score (nSPS) is 12.2. The molecule has 2 rings (SSSR count). The molecular formula is C17H22N4O3. The molecule has 0 saturated heterocycles. The molecule has 2 N–H and O–H groups in total. The van der Waals surface area contributed by atoms with Crippen molar-refractivity contribution in [2.24, 2.45) is 7.05 Å². The van der Waals surface area contributed by atoms with Gasteiger partial charge in [0.1, 0.15) is 5.56 Å². The summed E-state index contributed by atoms with van der Waals surface area (Å²) in [6.45, 7) is 0.781. The molecule has 0 saturated carbocycles. The minimum Gasteiger partial charge on any atom is -0.345 e. The molecule has 1 aromatic heterocycles. The van der Waals surface area contributed by atoms with Crippen LogP contribution in [0.4, 0.5) is 0 Å². The van der Waals surface area contributed by atoms with E-state index in [-0.39, 0.29) is 11.6 Å². The van der Waals surface area contributed by atoms with Gasteiger partial charge in [-0.3, -0.25) is 14.6 Å². The molecule has 1 heterocycles. The monoisotopic (exact) mass is 330 g/mol. The zero-order valence-electron chi connectivity index (χ0n) is 14.1. The van der Waals surface area contributed by atoms with Crippen LogP contribution < -0.4 is 16.6 Å². The first-order valence-electron chi connectivity index (χ1n) is 7.69. The molecule has 0 aliphatic carbocycles. The molecule has 1 amide bonds. The van der Waals surface area contributed by atoms with Crippen LogP contribution >= 0.6 is 0 Å². The van der Waals surface area contributed by atoms with E-state index in [9.17, 15) is 14.4 Å². The Labute approximate surface area is 139 Å². The molecule has 0 unspecified atom stereocenters. The predicted molar refractivity (Wildman–Crippen MR) is 92.1 cm³/mol. The van der Waals surface area contributed by atoms with E-state index in [0.29, 0.717) is 6.42 Å². The average molecular weight is 330 g/mol. The number of aryl methyl sites for hydroxylation is 1. The topological polar surface area (TPSA) is 87.2 Å². The second-order valence-electron chi connectivity index (χ2n) is 5.94. The van der Waals surface area contributed by atoms with Crippen molar-refractivity contribution in [3.05, 3.63) is 68.5 Å². The third kappa shape index (κ3) is 4.42. The number of benzene rings is 1. The summed E-state index contributed by atoms with van der Waals surface area (Å²) in [6.07, 6.45) is 1.96. The predicted octanol–water partition coefficient (Wildman–Crippen LogP) is 0.496. The lowest BCUT2D eigenvalue weighted by Gasteiger charge is -2.21. The zero-order chi connectivity index (χ0) is 17.7. The van der Waals surface area contributed by atoms with Crippen LogP contribution in [0.25, 0.3) is 0 Å². The largest absolute Gasteiger partial charge is 0.345 e. The summed E-state index contributed by atoms with van der Waals surface area (Å²) in [5, 5.41) is 2.89. The highest BCUT2D eigenvalue weighted by Crippen LogP contribution is 2.17. The van der Waals surface area contributed by atoms with E-state index in [2.05, 4.69) is 10.3 Å². The molecule has 0 bridgehead atoms. The van der Waals surface area contributed by atoms with Crippen molar-refractivity contribution in [3.63, 3.8) is 0 Å². The third-order valence-electron chi connectivity index (χ3n) is 3.73. The van der Waals surface area contributed by atoms with E-state index in [1.807, 2.05) is 49.3 Å². The highest BCUT2D eigenvalue weighted by molar-refractivity contribution is 5.93. The number of aromatic amines is 1. The fraction of sp³-hybridized carbons (Fsp3) is 0.353. The third-order valence-corrected chi connectivity index (χ3v) is 3.73. The quantitative estimate of drug-likeness (QED) is 0.807. The van der Waals surface area contributed by atoms with Crippen molar-refractivity contribution >= 4 is 5.91 Å². The molecule has 7 heteroatoms. The minimum atomic E-state index is -0.685. The average Bonchev–Trinajstić information content (AvgIpc) is 2.55. The van der Waals surface area contributed by atoms with Gasteiger partial charge >= 0.3 is 5.69 Å². The number of rotatable bonds is 6. The van der Waals surface area contributed by atoms with Gasteiger partial charge in [-0.1, -0.05) is 30.3 Å². The Kier molecular flexibility index (Phi) is 5.70. The van der Waals surface area contributed by atoms with Gasteiger partial charge in [-0.25, -0.2) is 4.79 Å². The second-order valence-corrected chi connectivity index (χ2v) is 5.94. The summed E-state index contributed by atoms with van der Waals surface area (Å²) in [7, 11) is 5.40. The van der Waals surface area contributed by atoms with Crippen LogP contribution in [0.2, 0.25) is 0 Å². The Hall–Kier alpha value is -2.67. The molecule has 0 fully saturated rings. The SMILES string of the molecule is CN(C)CC[C@@H](NC(=O)c1cn(C)c(=O)[nH]c1=O)c1ccccc1. The Balaban J connectivity index is 2.26. The van der Waals surface area contributed by atoms with Crippen molar-refractivity contribution < 1.29 is 4.79 Å². The van der Waals surface area contributed by atoms with Crippen molar-refractivity contribution in [2.75, 3.05) is 20.6 Å². The fourth-order valence-corrected chi connectivity index (χ4v) is 2.36. The van der Waals surface area contributed by atoms with E-state index in [0.717, 1.165) is 12.1 Å². The number of hydrogen-bond acceptors (Lipinski definition) is 4. The van der Waals surface area contributed by atoms with Gasteiger partial charge in [0, 0.05) is 13.2 Å². The molecule has 0 aliphatic heterocycles. The van der Waals surface area contributed by atoms with Crippen LogP contribution in [0.1, 0.15) is 28.4 Å². The molecule has 24 heavy (non-hydrogen) atoms. The lowest BCUT2D eigenvalue weighted by Crippen LogP contribution is -2.38. The van der Waals surface area contributed by atoms with Gasteiger partial charge < -0.3 is 14.8 Å². The van der Waals surface area contributed by atoms with Crippen LogP contribution in [-0.4, -0.2) is 41.0 Å². The first kappa shape index (κ1) is 17.7. The summed E-state index contributed by atoms with van der Waals surface area (Å²) >= 11 is 0. The van der Waals surface area contributed by atoms with E-state index in [4.69, 9.17) is 0 Å². The molecule has 2 aromatic rings. The van der Waals surface area contributed by atoms with Crippen LogP contribution in [0.3, 0.4) is 0 Å². The molecule has 128 valence electrons. The maximum absolute atomic E-state index is 12.5. The summed E-state index contributed by atoms with van der Waals surface area (Å²) < 4.78 is 1.17. The lowest BCUT2D eigenvalue weighted by molar-refractivity contribution is 0.0930. The summed E-state index contributed by atoms with van der Waals surface area (Å²) in [4.78, 5) is 39.9. The maximum Gasteiger partial charge on any atom is 0.328 e. The lowest BCUT2D eigenvalue weighted by atomic mass is 10.0. The number of amides is 1. The Morgan fingerprint density at radius 3 is 2.54 bits per heavy atom. The highest BCUT2D eigenvalue weighted by Gasteiger charge is 2.18. The van der Waals surface area contributed by atoms with E-state index < -0.39 is 17.2 Å². The first-order chi connectivity index (χ1) is 11.4. The Morgan fingerprint density at radius 2 is 1.92 bits per heavy atom. The molecule has 0 aliphatic rings. The maximum atomic E-state index is 12.5. The molecule has 1 aromatic carbocycles. The summed E-state index contributed by atoms with van der Waals surface area (Å²) in [6, 6.07) is 9.37. The number of carbonyl (C=O) groups excluding carboxylic acids is 1. The van der Waals surface area contributed by atoms with Crippen LogP contribution in [-0.2, 0) is 7.05 Å². The molecular weight excluding hydrogens is 308 g/mol. The number of carbonyl (C=O) groups is 1. The van der Waals surface area contributed by atoms with Crippen molar-refractivity contribution in [1.29, 1.82) is 0 Å². The van der Waals surface area contributed by atoms with Gasteiger partial charge in [-0.15, -0.1) is 0 Å². The van der Waals surface area contributed by atoms with E-state index >= 15 is 0 Å². The standard InChI is InChI=1S/C17H22N4O3/c1-20(2)10-9-14(12-7-5-4-6-8-12)18-15(22)13-11-21(3)17(24)19-16(13)23/h4-8,11,14H,9-10H2,1-3H3,(H,18,22)(H,19,23,24)/t14-/m1/s1. The zero-order valence-corrected chi connectivity index (χ0v) is 14.1. The van der Waals surface area contributed by atoms with E-state index in [1.165, 1.54) is 17.8 Å². The number of H-pyrrole nitrogens is 1. The van der Waals surface area contributed by atoms with Gasteiger partial charge in [0.15, 0.2) is 0 Å². The van der Waals surface area contributed by atoms with Gasteiger partial charge in [-0.05, 0) is 32.6 Å². The summed E-state index contributed by atoms with van der Waals surface area (Å²) in [5.74, 6) is -0.501. The fourth-order valence-electron chi connectivity index (χ4n) is 2.36. The smallest absolute Gasteiger partial charge is 0.328 e. The minimum absolute atomic E-state index is 0.0807. The van der Waals surface area contributed by atoms with Crippen LogP contribution in [0.15, 0.2) is 46.1 Å². The van der Waals surface area contributed by atoms with E-state index in [1.54, 1.807) is 0 Å². The summed E-state index contributed by atoms with van der Waals surface area (Å²) in [5.41, 5.74) is -0.351. The highest BCUT2D eigenvalue weighted by atomic mass is 16.2. The number of nitrogens with one attached hydrogen (secondary N) is 2.